The summed E-state index contributed by atoms with van der Waals surface area (Å²) in [6, 6.07) is 21.7. The minimum absolute atomic E-state index is 0.202. The number of nitrogens with zero attached hydrogens (tertiary/aromatic N) is 2. The first-order valence-corrected chi connectivity index (χ1v) is 7.65. The van der Waals surface area contributed by atoms with Gasteiger partial charge < -0.3 is 9.88 Å². The lowest BCUT2D eigenvalue weighted by Crippen LogP contribution is -2.28. The van der Waals surface area contributed by atoms with Gasteiger partial charge in [0.25, 0.3) is 0 Å². The highest BCUT2D eigenvalue weighted by molar-refractivity contribution is 5.31. The molecule has 0 spiro atoms. The van der Waals surface area contributed by atoms with Crippen LogP contribution >= 0.6 is 0 Å². The van der Waals surface area contributed by atoms with Crippen molar-refractivity contribution in [2.24, 2.45) is 0 Å². The third-order valence-corrected chi connectivity index (χ3v) is 3.92. The largest absolute Gasteiger partial charge is 0.333 e. The van der Waals surface area contributed by atoms with E-state index in [4.69, 9.17) is 0 Å². The van der Waals surface area contributed by atoms with E-state index in [1.165, 1.54) is 11.1 Å². The van der Waals surface area contributed by atoms with Crippen molar-refractivity contribution >= 4 is 0 Å². The van der Waals surface area contributed by atoms with Crippen molar-refractivity contribution in [3.8, 4) is 0 Å². The fraction of sp³-hybridized carbons (Fsp3) is 0.211. The van der Waals surface area contributed by atoms with Gasteiger partial charge >= 0.3 is 0 Å². The molecule has 0 saturated carbocycles. The second-order valence-electron chi connectivity index (χ2n) is 5.52. The van der Waals surface area contributed by atoms with Crippen LogP contribution in [0.2, 0.25) is 0 Å². The lowest BCUT2D eigenvalue weighted by molar-refractivity contribution is 0.469. The molecule has 3 heteroatoms. The molecule has 3 aromatic rings. The molecule has 0 bridgehead atoms. The van der Waals surface area contributed by atoms with E-state index in [9.17, 15) is 0 Å². The van der Waals surface area contributed by atoms with Crippen LogP contribution in [-0.4, -0.2) is 16.1 Å². The van der Waals surface area contributed by atoms with Gasteiger partial charge in [0.1, 0.15) is 0 Å². The number of rotatable bonds is 6. The van der Waals surface area contributed by atoms with Gasteiger partial charge in [-0.15, -0.1) is 0 Å². The molecule has 0 aliphatic carbocycles. The molecule has 0 aliphatic rings. The van der Waals surface area contributed by atoms with Crippen LogP contribution < -0.4 is 5.32 Å². The van der Waals surface area contributed by atoms with Crippen LogP contribution in [0.4, 0.5) is 0 Å². The summed E-state index contributed by atoms with van der Waals surface area (Å²) in [5.41, 5.74) is 2.57. The standard InChI is InChI=1S/C19H21N3/c1-16(22-13-12-20-15-22)14-21-19(17-8-4-2-5-9-17)18-10-6-3-7-11-18/h2-13,15-16,19,21H,14H2,1H3. The topological polar surface area (TPSA) is 29.9 Å². The van der Waals surface area contributed by atoms with Crippen LogP contribution in [0.1, 0.15) is 30.1 Å². The molecular weight excluding hydrogens is 270 g/mol. The molecule has 0 fully saturated rings. The van der Waals surface area contributed by atoms with E-state index in [-0.39, 0.29) is 6.04 Å². The molecule has 22 heavy (non-hydrogen) atoms. The maximum Gasteiger partial charge on any atom is 0.0948 e. The zero-order valence-corrected chi connectivity index (χ0v) is 12.8. The zero-order chi connectivity index (χ0) is 15.2. The van der Waals surface area contributed by atoms with Gasteiger partial charge in [-0.05, 0) is 18.1 Å². The van der Waals surface area contributed by atoms with Crippen molar-refractivity contribution in [3.63, 3.8) is 0 Å². The van der Waals surface area contributed by atoms with Gasteiger partial charge in [-0.25, -0.2) is 4.98 Å². The molecule has 0 amide bonds. The number of benzene rings is 2. The van der Waals surface area contributed by atoms with Gasteiger partial charge in [0.15, 0.2) is 0 Å². The molecule has 112 valence electrons. The Kier molecular flexibility index (Phi) is 4.66. The van der Waals surface area contributed by atoms with Crippen LogP contribution in [0.25, 0.3) is 0 Å². The van der Waals surface area contributed by atoms with E-state index < -0.39 is 0 Å². The first-order chi connectivity index (χ1) is 10.8. The molecular formula is C19H21N3. The summed E-state index contributed by atoms with van der Waals surface area (Å²) in [6.07, 6.45) is 5.70. The van der Waals surface area contributed by atoms with Crippen molar-refractivity contribution in [2.75, 3.05) is 6.54 Å². The molecule has 3 nitrogen and oxygen atoms in total. The van der Waals surface area contributed by atoms with Gasteiger partial charge in [0.2, 0.25) is 0 Å². The van der Waals surface area contributed by atoms with Crippen LogP contribution in [-0.2, 0) is 0 Å². The first kappa shape index (κ1) is 14.5. The molecule has 1 unspecified atom stereocenters. The zero-order valence-electron chi connectivity index (χ0n) is 12.8. The van der Waals surface area contributed by atoms with E-state index in [1.54, 1.807) is 0 Å². The van der Waals surface area contributed by atoms with Crippen molar-refractivity contribution < 1.29 is 0 Å². The Balaban J connectivity index is 1.78. The second kappa shape index (κ2) is 7.05. The van der Waals surface area contributed by atoms with Gasteiger partial charge in [0.05, 0.1) is 12.4 Å². The fourth-order valence-electron chi connectivity index (χ4n) is 2.64. The Morgan fingerprint density at radius 2 is 1.55 bits per heavy atom. The number of imidazole rings is 1. The summed E-state index contributed by atoms with van der Waals surface area (Å²) in [4.78, 5) is 4.12. The summed E-state index contributed by atoms with van der Waals surface area (Å²) in [6.45, 7) is 3.08. The lowest BCUT2D eigenvalue weighted by Gasteiger charge is -2.23. The average Bonchev–Trinajstić information content (AvgIpc) is 3.11. The molecule has 2 aromatic carbocycles. The average molecular weight is 291 g/mol. The predicted octanol–water partition coefficient (Wildman–Crippen LogP) is 3.82. The summed E-state index contributed by atoms with van der Waals surface area (Å²) in [5.74, 6) is 0. The highest BCUT2D eigenvalue weighted by Crippen LogP contribution is 2.22. The Morgan fingerprint density at radius 1 is 0.955 bits per heavy atom. The van der Waals surface area contributed by atoms with Gasteiger partial charge in [-0.3, -0.25) is 0 Å². The normalized spacial score (nSPS) is 12.5. The third-order valence-electron chi connectivity index (χ3n) is 3.92. The smallest absolute Gasteiger partial charge is 0.0948 e. The molecule has 1 atom stereocenters. The monoisotopic (exact) mass is 291 g/mol. The van der Waals surface area contributed by atoms with Gasteiger partial charge in [-0.2, -0.15) is 0 Å². The molecule has 1 aromatic heterocycles. The minimum atomic E-state index is 0.202. The number of hydrogen-bond donors (Lipinski definition) is 1. The fourth-order valence-corrected chi connectivity index (χ4v) is 2.64. The quantitative estimate of drug-likeness (QED) is 0.748. The summed E-state index contributed by atoms with van der Waals surface area (Å²) < 4.78 is 2.13. The van der Waals surface area contributed by atoms with Gasteiger partial charge in [0, 0.05) is 25.0 Å². The Labute approximate surface area is 131 Å². The summed E-state index contributed by atoms with van der Waals surface area (Å²) in [7, 11) is 0. The van der Waals surface area contributed by atoms with Crippen LogP contribution in [0.15, 0.2) is 79.4 Å². The van der Waals surface area contributed by atoms with Crippen LogP contribution in [0, 0.1) is 0 Å². The number of hydrogen-bond acceptors (Lipinski definition) is 2. The number of nitrogens with one attached hydrogen (secondary N) is 1. The Bertz CT molecular complexity index is 623. The van der Waals surface area contributed by atoms with E-state index in [0.29, 0.717) is 6.04 Å². The predicted molar refractivity (Wildman–Crippen MR) is 89.7 cm³/mol. The van der Waals surface area contributed by atoms with Crippen LogP contribution in [0.5, 0.6) is 0 Å². The van der Waals surface area contributed by atoms with Crippen LogP contribution in [0.3, 0.4) is 0 Å². The van der Waals surface area contributed by atoms with Crippen molar-refractivity contribution in [1.82, 2.24) is 14.9 Å². The molecule has 3 rings (SSSR count). The molecule has 1 heterocycles. The summed E-state index contributed by atoms with van der Waals surface area (Å²) >= 11 is 0. The number of aromatic nitrogens is 2. The SMILES string of the molecule is CC(CNC(c1ccccc1)c1ccccc1)n1ccnc1. The van der Waals surface area contributed by atoms with Crippen molar-refractivity contribution in [1.29, 1.82) is 0 Å². The molecule has 0 saturated heterocycles. The molecule has 0 radical (unpaired) electrons. The maximum absolute atomic E-state index is 4.12. The highest BCUT2D eigenvalue weighted by atomic mass is 15.1. The lowest BCUT2D eigenvalue weighted by atomic mass is 9.98. The minimum Gasteiger partial charge on any atom is -0.333 e. The summed E-state index contributed by atoms with van der Waals surface area (Å²) in [5, 5.41) is 3.69. The highest BCUT2D eigenvalue weighted by Gasteiger charge is 2.14. The van der Waals surface area contributed by atoms with E-state index in [2.05, 4.69) is 82.5 Å². The maximum atomic E-state index is 4.12. The first-order valence-electron chi connectivity index (χ1n) is 7.65. The van der Waals surface area contributed by atoms with Gasteiger partial charge in [-0.1, -0.05) is 60.7 Å². The third kappa shape index (κ3) is 3.43. The molecule has 0 aliphatic heterocycles. The van der Waals surface area contributed by atoms with E-state index in [1.807, 2.05) is 18.7 Å². The Morgan fingerprint density at radius 3 is 2.05 bits per heavy atom. The second-order valence-corrected chi connectivity index (χ2v) is 5.52. The van der Waals surface area contributed by atoms with E-state index >= 15 is 0 Å². The van der Waals surface area contributed by atoms with Crippen molar-refractivity contribution in [2.45, 2.75) is 19.0 Å². The van der Waals surface area contributed by atoms with E-state index in [0.717, 1.165) is 6.54 Å². The van der Waals surface area contributed by atoms with Crippen molar-refractivity contribution in [3.05, 3.63) is 90.5 Å². The molecule has 1 N–H and O–H groups in total. The Hall–Kier alpha value is -2.39.